The number of rotatable bonds is 9. The first-order valence-corrected chi connectivity index (χ1v) is 11.5. The summed E-state index contributed by atoms with van der Waals surface area (Å²) < 4.78 is 4.18. The molecule has 3 aromatic rings. The van der Waals surface area contributed by atoms with Crippen molar-refractivity contribution in [1.29, 1.82) is 0 Å². The second kappa shape index (κ2) is 9.99. The van der Waals surface area contributed by atoms with Gasteiger partial charge in [0.15, 0.2) is 16.8 Å². The van der Waals surface area contributed by atoms with Gasteiger partial charge in [-0.1, -0.05) is 49.4 Å². The minimum absolute atomic E-state index is 0.0422. The summed E-state index contributed by atoms with van der Waals surface area (Å²) in [6.07, 6.45) is 1.51. The number of benzene rings is 1. The van der Waals surface area contributed by atoms with Crippen LogP contribution in [0.15, 0.2) is 39.0 Å². The molecule has 0 radical (unpaired) electrons. The molecule has 0 bridgehead atoms. The Morgan fingerprint density at radius 1 is 1.09 bits per heavy atom. The van der Waals surface area contributed by atoms with Gasteiger partial charge in [0.1, 0.15) is 11.4 Å². The zero-order chi connectivity index (χ0) is 23.4. The van der Waals surface area contributed by atoms with Crippen LogP contribution in [0, 0.1) is 6.92 Å². The quantitative estimate of drug-likeness (QED) is 0.388. The van der Waals surface area contributed by atoms with Crippen molar-refractivity contribution in [2.75, 3.05) is 11.5 Å². The van der Waals surface area contributed by atoms with E-state index in [9.17, 15) is 14.4 Å². The Morgan fingerprint density at radius 3 is 2.44 bits per heavy atom. The van der Waals surface area contributed by atoms with Crippen LogP contribution in [-0.2, 0) is 20.1 Å². The van der Waals surface area contributed by atoms with Crippen molar-refractivity contribution >= 4 is 23.4 Å². The molecule has 3 rings (SSSR count). The van der Waals surface area contributed by atoms with Gasteiger partial charge in [-0.15, -0.1) is 10.2 Å². The SMILES string of the molecule is CCCn1c(SCC(=O)c2c(N)n(CCC)c(=O)n(C)c2=O)nnc1-c1cccc(C)c1. The number of nitrogens with zero attached hydrogens (tertiary/aromatic N) is 5. The van der Waals surface area contributed by atoms with E-state index in [0.717, 1.165) is 27.9 Å². The molecule has 0 saturated heterocycles. The molecule has 0 unspecified atom stereocenters. The van der Waals surface area contributed by atoms with Crippen molar-refractivity contribution in [1.82, 2.24) is 23.9 Å². The molecule has 0 aliphatic rings. The first-order chi connectivity index (χ1) is 15.3. The molecule has 9 nitrogen and oxygen atoms in total. The van der Waals surface area contributed by atoms with E-state index >= 15 is 0 Å². The zero-order valence-corrected chi connectivity index (χ0v) is 19.6. The number of hydrogen-bond acceptors (Lipinski definition) is 7. The molecular weight excluding hydrogens is 428 g/mol. The van der Waals surface area contributed by atoms with E-state index in [-0.39, 0.29) is 17.1 Å². The van der Waals surface area contributed by atoms with Gasteiger partial charge < -0.3 is 10.3 Å². The highest BCUT2D eigenvalue weighted by Gasteiger charge is 2.23. The average molecular weight is 457 g/mol. The minimum atomic E-state index is -0.680. The third-order valence-corrected chi connectivity index (χ3v) is 6.05. The van der Waals surface area contributed by atoms with Crippen LogP contribution in [0.1, 0.15) is 42.6 Å². The summed E-state index contributed by atoms with van der Waals surface area (Å²) in [7, 11) is 1.35. The molecule has 10 heteroatoms. The monoisotopic (exact) mass is 456 g/mol. The number of hydrogen-bond donors (Lipinski definition) is 1. The molecule has 0 atom stereocenters. The third kappa shape index (κ3) is 4.55. The summed E-state index contributed by atoms with van der Waals surface area (Å²) in [5.41, 5.74) is 6.78. The molecule has 0 fully saturated rings. The minimum Gasteiger partial charge on any atom is -0.384 e. The molecule has 170 valence electrons. The number of aryl methyl sites for hydroxylation is 1. The van der Waals surface area contributed by atoms with Crippen LogP contribution in [0.3, 0.4) is 0 Å². The van der Waals surface area contributed by atoms with Gasteiger partial charge >= 0.3 is 5.69 Å². The fourth-order valence-electron chi connectivity index (χ4n) is 3.51. The molecule has 1 aromatic carbocycles. The van der Waals surface area contributed by atoms with Gasteiger partial charge in [-0.3, -0.25) is 18.7 Å². The van der Waals surface area contributed by atoms with E-state index in [2.05, 4.69) is 17.1 Å². The van der Waals surface area contributed by atoms with Gasteiger partial charge in [0.25, 0.3) is 5.56 Å². The van der Waals surface area contributed by atoms with Crippen LogP contribution in [0.2, 0.25) is 0 Å². The van der Waals surface area contributed by atoms with Crippen molar-refractivity contribution in [2.45, 2.75) is 51.9 Å². The molecule has 0 aliphatic heterocycles. The Bertz CT molecular complexity index is 1260. The largest absolute Gasteiger partial charge is 0.384 e. The Balaban J connectivity index is 1.92. The van der Waals surface area contributed by atoms with E-state index in [1.54, 1.807) is 0 Å². The van der Waals surface area contributed by atoms with Crippen molar-refractivity contribution in [3.8, 4) is 11.4 Å². The number of aromatic nitrogens is 5. The van der Waals surface area contributed by atoms with Gasteiger partial charge in [0, 0.05) is 25.7 Å². The highest BCUT2D eigenvalue weighted by Crippen LogP contribution is 2.25. The van der Waals surface area contributed by atoms with Crippen LogP contribution in [0.4, 0.5) is 5.82 Å². The molecule has 2 aromatic heterocycles. The summed E-state index contributed by atoms with van der Waals surface area (Å²) in [4.78, 5) is 37.9. The number of thioether (sulfide) groups is 1. The van der Waals surface area contributed by atoms with Crippen molar-refractivity contribution in [3.05, 3.63) is 56.2 Å². The van der Waals surface area contributed by atoms with Crippen LogP contribution in [0.25, 0.3) is 11.4 Å². The summed E-state index contributed by atoms with van der Waals surface area (Å²) >= 11 is 1.21. The molecule has 2 N–H and O–H groups in total. The first kappa shape index (κ1) is 23.5. The van der Waals surface area contributed by atoms with Gasteiger partial charge in [0.05, 0.1) is 5.75 Å². The normalized spacial score (nSPS) is 11.1. The predicted molar refractivity (Wildman–Crippen MR) is 126 cm³/mol. The van der Waals surface area contributed by atoms with Crippen molar-refractivity contribution in [2.24, 2.45) is 7.05 Å². The van der Waals surface area contributed by atoms with E-state index in [1.165, 1.54) is 23.4 Å². The standard InChI is InChI=1S/C22H28N6O3S/c1-5-10-27-18(23)17(20(30)26(4)22(27)31)16(29)13-32-21-25-24-19(28(21)11-6-2)15-9-7-8-14(3)12-15/h7-9,12H,5-6,10-11,13,23H2,1-4H3. The lowest BCUT2D eigenvalue weighted by Crippen LogP contribution is -2.42. The Kier molecular flexibility index (Phi) is 7.34. The second-order valence-electron chi connectivity index (χ2n) is 7.60. The fraction of sp³-hybridized carbons (Fsp3) is 0.409. The Hall–Kier alpha value is -3.14. The summed E-state index contributed by atoms with van der Waals surface area (Å²) in [5, 5.41) is 9.22. The summed E-state index contributed by atoms with van der Waals surface area (Å²) in [6.45, 7) is 6.98. The zero-order valence-electron chi connectivity index (χ0n) is 18.8. The van der Waals surface area contributed by atoms with E-state index < -0.39 is 17.0 Å². The van der Waals surface area contributed by atoms with Crippen LogP contribution in [0.5, 0.6) is 0 Å². The highest BCUT2D eigenvalue weighted by molar-refractivity contribution is 7.99. The van der Waals surface area contributed by atoms with Gasteiger partial charge in [0.2, 0.25) is 0 Å². The molecule has 0 spiro atoms. The highest BCUT2D eigenvalue weighted by atomic mass is 32.2. The molecule has 32 heavy (non-hydrogen) atoms. The predicted octanol–water partition coefficient (Wildman–Crippen LogP) is 2.49. The smallest absolute Gasteiger partial charge is 0.332 e. The van der Waals surface area contributed by atoms with Crippen LogP contribution >= 0.6 is 11.8 Å². The molecule has 2 heterocycles. The maximum absolute atomic E-state index is 13.0. The maximum Gasteiger partial charge on any atom is 0.332 e. The Morgan fingerprint density at radius 2 is 1.78 bits per heavy atom. The van der Waals surface area contributed by atoms with Crippen LogP contribution in [-0.4, -0.2) is 35.4 Å². The maximum atomic E-state index is 13.0. The number of ketones is 1. The molecule has 0 aliphatic carbocycles. The van der Waals surface area contributed by atoms with E-state index in [0.29, 0.717) is 24.7 Å². The third-order valence-electron chi connectivity index (χ3n) is 5.08. The average Bonchev–Trinajstić information content (AvgIpc) is 3.17. The first-order valence-electron chi connectivity index (χ1n) is 10.6. The van der Waals surface area contributed by atoms with Gasteiger partial charge in [-0.25, -0.2) is 4.79 Å². The second-order valence-corrected chi connectivity index (χ2v) is 8.54. The number of carbonyl (C=O) groups excluding carboxylic acids is 1. The number of nitrogens with two attached hydrogens (primary N) is 1. The summed E-state index contributed by atoms with van der Waals surface area (Å²) in [5.74, 6) is 0.166. The molecule has 0 amide bonds. The Labute approximate surface area is 190 Å². The van der Waals surface area contributed by atoms with E-state index in [1.807, 2.05) is 42.7 Å². The lowest BCUT2D eigenvalue weighted by molar-refractivity contribution is 0.102. The molecular formula is C22H28N6O3S. The number of Topliss-reactive ketones (excluding diaryl/α,β-unsaturated/α-hetero) is 1. The lowest BCUT2D eigenvalue weighted by Gasteiger charge is -2.14. The summed E-state index contributed by atoms with van der Waals surface area (Å²) in [6, 6.07) is 8.00. The topological polar surface area (TPSA) is 118 Å². The number of nitrogen functional groups attached to an aromatic ring is 1. The van der Waals surface area contributed by atoms with Crippen LogP contribution < -0.4 is 17.0 Å². The van der Waals surface area contributed by atoms with Crippen molar-refractivity contribution < 1.29 is 4.79 Å². The number of carbonyl (C=O) groups is 1. The number of anilines is 1. The lowest BCUT2D eigenvalue weighted by atomic mass is 10.1. The fourth-order valence-corrected chi connectivity index (χ4v) is 4.34. The van der Waals surface area contributed by atoms with E-state index in [4.69, 9.17) is 5.73 Å². The van der Waals surface area contributed by atoms with Crippen molar-refractivity contribution in [3.63, 3.8) is 0 Å². The van der Waals surface area contributed by atoms with Gasteiger partial charge in [-0.05, 0) is 25.8 Å². The van der Waals surface area contributed by atoms with Gasteiger partial charge in [-0.2, -0.15) is 0 Å². The molecule has 0 saturated carbocycles.